The molecule has 0 aromatic carbocycles. The Hall–Kier alpha value is -1.62. The van der Waals surface area contributed by atoms with Gasteiger partial charge in [-0.3, -0.25) is 0 Å². The Morgan fingerprint density at radius 2 is 2.12 bits per heavy atom. The van der Waals surface area contributed by atoms with Crippen molar-refractivity contribution in [1.29, 1.82) is 0 Å². The second-order valence-corrected chi connectivity index (χ2v) is 4.77. The minimum atomic E-state index is 0.559. The largest absolute Gasteiger partial charge is 0.478 e. The van der Waals surface area contributed by atoms with Crippen LogP contribution < -0.4 is 9.64 Å². The molecule has 0 aliphatic carbocycles. The molecule has 0 fully saturated rings. The quantitative estimate of drug-likeness (QED) is 0.834. The highest BCUT2D eigenvalue weighted by Gasteiger charge is 2.12. The fourth-order valence-electron chi connectivity index (χ4n) is 1.58. The fourth-order valence-corrected chi connectivity index (χ4v) is 2.54. The molecule has 17 heavy (non-hydrogen) atoms. The van der Waals surface area contributed by atoms with Gasteiger partial charge >= 0.3 is 0 Å². The molecule has 0 spiro atoms. The third kappa shape index (κ3) is 2.55. The Balaban J connectivity index is 2.20. The summed E-state index contributed by atoms with van der Waals surface area (Å²) in [5.74, 6) is 1.33. The van der Waals surface area contributed by atoms with Crippen molar-refractivity contribution >= 4 is 17.2 Å². The second-order valence-electron chi connectivity index (χ2n) is 3.77. The van der Waals surface area contributed by atoms with Crippen molar-refractivity contribution in [3.63, 3.8) is 0 Å². The second kappa shape index (κ2) is 5.14. The average Bonchev–Trinajstić information content (AvgIpc) is 2.75. The van der Waals surface area contributed by atoms with Crippen molar-refractivity contribution in [1.82, 2.24) is 9.97 Å². The van der Waals surface area contributed by atoms with Crippen LogP contribution in [0, 0.1) is 6.92 Å². The van der Waals surface area contributed by atoms with Crippen LogP contribution in [0.5, 0.6) is 5.88 Å². The third-order valence-corrected chi connectivity index (χ3v) is 3.56. The van der Waals surface area contributed by atoms with E-state index in [1.807, 2.05) is 11.9 Å². The molecule has 0 saturated heterocycles. The van der Waals surface area contributed by atoms with Gasteiger partial charge in [0.2, 0.25) is 0 Å². The normalized spacial score (nSPS) is 10.3. The van der Waals surface area contributed by atoms with Crippen LogP contribution in [0.4, 0.5) is 5.82 Å². The number of methoxy groups -OCH3 is 1. The number of anilines is 1. The first-order valence-corrected chi connectivity index (χ1v) is 6.19. The van der Waals surface area contributed by atoms with E-state index in [0.717, 1.165) is 12.4 Å². The highest BCUT2D eigenvalue weighted by Crippen LogP contribution is 2.24. The van der Waals surface area contributed by atoms with E-state index in [1.54, 1.807) is 30.8 Å². The van der Waals surface area contributed by atoms with Crippen LogP contribution in [0.1, 0.15) is 10.4 Å². The molecule has 0 atom stereocenters. The zero-order valence-corrected chi connectivity index (χ0v) is 11.0. The summed E-state index contributed by atoms with van der Waals surface area (Å²) in [6.07, 6.45) is 3.31. The molecule has 4 nitrogen and oxygen atoms in total. The molecule has 0 aliphatic heterocycles. The smallest absolute Gasteiger partial charge is 0.257 e. The number of aromatic nitrogens is 2. The van der Waals surface area contributed by atoms with Gasteiger partial charge in [-0.25, -0.2) is 9.97 Å². The molecule has 0 aliphatic rings. The molecule has 0 saturated carbocycles. The van der Waals surface area contributed by atoms with Gasteiger partial charge in [-0.15, -0.1) is 11.3 Å². The first-order valence-electron chi connectivity index (χ1n) is 5.31. The van der Waals surface area contributed by atoms with Gasteiger partial charge in [0.05, 0.1) is 13.7 Å². The maximum Gasteiger partial charge on any atom is 0.257 e. The van der Waals surface area contributed by atoms with Crippen molar-refractivity contribution < 1.29 is 4.74 Å². The third-order valence-electron chi connectivity index (χ3n) is 2.55. The van der Waals surface area contributed by atoms with Gasteiger partial charge in [0.15, 0.2) is 5.82 Å². The lowest BCUT2D eigenvalue weighted by Crippen LogP contribution is -2.18. The van der Waals surface area contributed by atoms with Gasteiger partial charge in [0.1, 0.15) is 0 Å². The van der Waals surface area contributed by atoms with Crippen LogP contribution in [0.25, 0.3) is 0 Å². The highest BCUT2D eigenvalue weighted by molar-refractivity contribution is 7.10. The summed E-state index contributed by atoms with van der Waals surface area (Å²) in [6.45, 7) is 2.94. The summed E-state index contributed by atoms with van der Waals surface area (Å²) >= 11 is 1.76. The lowest BCUT2D eigenvalue weighted by atomic mass is 10.3. The van der Waals surface area contributed by atoms with Crippen LogP contribution in [0.3, 0.4) is 0 Å². The fraction of sp³-hybridized carbons (Fsp3) is 0.333. The molecular formula is C12H15N3OS. The molecule has 2 aromatic heterocycles. The molecule has 90 valence electrons. The lowest BCUT2D eigenvalue weighted by molar-refractivity contribution is 0.396. The summed E-state index contributed by atoms with van der Waals surface area (Å²) in [5, 5.41) is 2.10. The van der Waals surface area contributed by atoms with Crippen molar-refractivity contribution in [3.05, 3.63) is 34.3 Å². The maximum absolute atomic E-state index is 5.20. The highest BCUT2D eigenvalue weighted by atomic mass is 32.1. The Labute approximate surface area is 105 Å². The zero-order valence-electron chi connectivity index (χ0n) is 10.2. The van der Waals surface area contributed by atoms with Crippen molar-refractivity contribution in [3.8, 4) is 5.88 Å². The van der Waals surface area contributed by atoms with Crippen LogP contribution >= 0.6 is 11.3 Å². The molecule has 2 aromatic rings. The predicted molar refractivity (Wildman–Crippen MR) is 69.7 cm³/mol. The number of rotatable bonds is 4. The SMILES string of the molecule is COc1nccnc1N(C)Cc1sccc1C. The van der Waals surface area contributed by atoms with Crippen LogP contribution in [-0.4, -0.2) is 24.1 Å². The molecule has 0 N–H and O–H groups in total. The monoisotopic (exact) mass is 249 g/mol. The number of hydrogen-bond donors (Lipinski definition) is 0. The van der Waals surface area contributed by atoms with Crippen LogP contribution in [-0.2, 0) is 6.54 Å². The van der Waals surface area contributed by atoms with Crippen molar-refractivity contribution in [2.24, 2.45) is 0 Å². The molecule has 0 amide bonds. The standard InChI is InChI=1S/C12H15N3OS/c1-9-4-7-17-10(9)8-15(2)11-12(16-3)14-6-5-13-11/h4-7H,8H2,1-3H3. The van der Waals surface area contributed by atoms with Gasteiger partial charge in [-0.1, -0.05) is 0 Å². The lowest BCUT2D eigenvalue weighted by Gasteiger charge is -2.19. The first kappa shape index (κ1) is 11.9. The van der Waals surface area contributed by atoms with Crippen LogP contribution in [0.15, 0.2) is 23.8 Å². The Morgan fingerprint density at radius 3 is 2.76 bits per heavy atom. The minimum absolute atomic E-state index is 0.559. The Bertz CT molecular complexity index is 498. The summed E-state index contributed by atoms with van der Waals surface area (Å²) in [6, 6.07) is 2.13. The van der Waals surface area contributed by atoms with E-state index in [0.29, 0.717) is 5.88 Å². The van der Waals surface area contributed by atoms with E-state index in [4.69, 9.17) is 4.74 Å². The van der Waals surface area contributed by atoms with Gasteiger partial charge < -0.3 is 9.64 Å². The molecular weight excluding hydrogens is 234 g/mol. The maximum atomic E-state index is 5.20. The van der Waals surface area contributed by atoms with Gasteiger partial charge in [0.25, 0.3) is 5.88 Å². The summed E-state index contributed by atoms with van der Waals surface area (Å²) in [5.41, 5.74) is 1.31. The topological polar surface area (TPSA) is 38.3 Å². The van der Waals surface area contributed by atoms with Crippen molar-refractivity contribution in [2.45, 2.75) is 13.5 Å². The number of ether oxygens (including phenoxy) is 1. The van der Waals surface area contributed by atoms with Crippen molar-refractivity contribution in [2.75, 3.05) is 19.1 Å². The van der Waals surface area contributed by atoms with E-state index >= 15 is 0 Å². The van der Waals surface area contributed by atoms with Gasteiger partial charge in [-0.2, -0.15) is 0 Å². The van der Waals surface area contributed by atoms with Gasteiger partial charge in [0, 0.05) is 24.3 Å². The number of hydrogen-bond acceptors (Lipinski definition) is 5. The van der Waals surface area contributed by atoms with E-state index in [2.05, 4.69) is 28.3 Å². The number of aryl methyl sites for hydroxylation is 1. The van der Waals surface area contributed by atoms with Gasteiger partial charge in [-0.05, 0) is 23.9 Å². The van der Waals surface area contributed by atoms with Crippen LogP contribution in [0.2, 0.25) is 0 Å². The molecule has 5 heteroatoms. The zero-order chi connectivity index (χ0) is 12.3. The number of thiophene rings is 1. The summed E-state index contributed by atoms with van der Waals surface area (Å²) in [7, 11) is 3.60. The predicted octanol–water partition coefficient (Wildman–Crippen LogP) is 2.49. The average molecular weight is 249 g/mol. The summed E-state index contributed by atoms with van der Waals surface area (Å²) in [4.78, 5) is 11.8. The van der Waals surface area contributed by atoms with E-state index < -0.39 is 0 Å². The van der Waals surface area contributed by atoms with E-state index in [-0.39, 0.29) is 0 Å². The molecule has 0 unspecified atom stereocenters. The Morgan fingerprint density at radius 1 is 1.35 bits per heavy atom. The molecule has 2 heterocycles. The summed E-state index contributed by atoms with van der Waals surface area (Å²) < 4.78 is 5.20. The minimum Gasteiger partial charge on any atom is -0.478 e. The molecule has 0 radical (unpaired) electrons. The molecule has 0 bridgehead atoms. The van der Waals surface area contributed by atoms with E-state index in [9.17, 15) is 0 Å². The number of nitrogens with zero attached hydrogens (tertiary/aromatic N) is 3. The Kier molecular flexibility index (Phi) is 3.58. The molecule has 2 rings (SSSR count). The van der Waals surface area contributed by atoms with E-state index in [1.165, 1.54) is 10.4 Å². The first-order chi connectivity index (χ1) is 8.22.